The summed E-state index contributed by atoms with van der Waals surface area (Å²) >= 11 is 0. The van der Waals surface area contributed by atoms with Gasteiger partial charge in [-0.3, -0.25) is 0 Å². The summed E-state index contributed by atoms with van der Waals surface area (Å²) < 4.78 is 4.86. The van der Waals surface area contributed by atoms with Gasteiger partial charge in [0.05, 0.1) is 27.8 Å². The van der Waals surface area contributed by atoms with Gasteiger partial charge in [-0.15, -0.1) is 0 Å². The Bertz CT molecular complexity index is 5220. The highest BCUT2D eigenvalue weighted by Crippen LogP contribution is 2.44. The zero-order chi connectivity index (χ0) is 66.4. The van der Waals surface area contributed by atoms with Gasteiger partial charge in [0.2, 0.25) is 0 Å². The molecule has 0 radical (unpaired) electrons. The molecule has 11 aromatic carbocycles. The minimum atomic E-state index is -0.0659. The van der Waals surface area contributed by atoms with Crippen molar-refractivity contribution in [2.24, 2.45) is 0 Å². The van der Waals surface area contributed by atoms with Gasteiger partial charge in [-0.05, 0) is 151 Å². The van der Waals surface area contributed by atoms with Crippen LogP contribution in [0.3, 0.4) is 0 Å². The van der Waals surface area contributed by atoms with Crippen LogP contribution in [-0.4, -0.2) is 39.0 Å². The smallest absolute Gasteiger partial charge is 0.166 e. The molecule has 8 heteroatoms. The first-order chi connectivity index (χ1) is 46.1. The molecule has 0 saturated carbocycles. The van der Waals surface area contributed by atoms with Gasteiger partial charge in [0.15, 0.2) is 34.9 Å². The Kier molecular flexibility index (Phi) is 15.0. The van der Waals surface area contributed by atoms with Crippen LogP contribution >= 0.6 is 0 Å². The fraction of sp³-hybridized carbons (Fsp3) is 0.182. The summed E-state index contributed by atoms with van der Waals surface area (Å²) in [6, 6.07) is 91.6. The van der Waals surface area contributed by atoms with Crippen molar-refractivity contribution in [3.63, 3.8) is 0 Å². The number of fused-ring (bicyclic) bond motifs is 6. The second kappa shape index (κ2) is 23.5. The molecule has 0 fully saturated rings. The molecule has 0 N–H and O–H groups in total. The van der Waals surface area contributed by atoms with Crippen LogP contribution in [0.2, 0.25) is 0 Å². The van der Waals surface area contributed by atoms with Crippen molar-refractivity contribution in [2.45, 2.75) is 105 Å². The average molecular weight is 1250 g/mol. The molecule has 0 atom stereocenters. The third-order valence-corrected chi connectivity index (χ3v) is 18.8. The summed E-state index contributed by atoms with van der Waals surface area (Å²) in [6.45, 7) is 27.5. The van der Waals surface area contributed by atoms with Crippen molar-refractivity contribution in [2.75, 3.05) is 0 Å². The van der Waals surface area contributed by atoms with E-state index in [4.69, 9.17) is 29.9 Å². The van der Waals surface area contributed by atoms with Gasteiger partial charge < -0.3 is 9.13 Å². The minimum absolute atomic E-state index is 0.0610. The molecule has 0 unspecified atom stereocenters. The first-order valence-corrected chi connectivity index (χ1v) is 33.4. The van der Waals surface area contributed by atoms with Crippen LogP contribution in [0.1, 0.15) is 105 Å². The highest BCUT2D eigenvalue weighted by atomic mass is 15.1. The lowest BCUT2D eigenvalue weighted by molar-refractivity contribution is 0.590. The molecule has 0 amide bonds. The highest BCUT2D eigenvalue weighted by molar-refractivity contribution is 6.11. The van der Waals surface area contributed by atoms with Crippen molar-refractivity contribution in [3.05, 3.63) is 277 Å². The van der Waals surface area contributed by atoms with Crippen LogP contribution in [0, 0.1) is 0 Å². The van der Waals surface area contributed by atoms with Gasteiger partial charge in [-0.1, -0.05) is 253 Å². The second-order valence-corrected chi connectivity index (χ2v) is 29.8. The van der Waals surface area contributed by atoms with Crippen molar-refractivity contribution >= 4 is 43.6 Å². The molecule has 15 aromatic rings. The maximum absolute atomic E-state index is 5.47. The maximum atomic E-state index is 5.47. The summed E-state index contributed by atoms with van der Waals surface area (Å²) in [6.07, 6.45) is 0. The van der Waals surface area contributed by atoms with E-state index in [-0.39, 0.29) is 21.7 Å². The van der Waals surface area contributed by atoms with Gasteiger partial charge in [0.1, 0.15) is 0 Å². The predicted molar refractivity (Wildman–Crippen MR) is 400 cm³/mol. The molecule has 0 aliphatic rings. The van der Waals surface area contributed by atoms with Gasteiger partial charge in [0, 0.05) is 60.6 Å². The monoisotopic (exact) mass is 1250 g/mol. The summed E-state index contributed by atoms with van der Waals surface area (Å²) in [5.41, 5.74) is 20.7. The Morgan fingerprint density at radius 2 is 0.510 bits per heavy atom. The topological polar surface area (TPSA) is 87.2 Å². The second-order valence-electron chi connectivity index (χ2n) is 29.8. The van der Waals surface area contributed by atoms with E-state index in [0.29, 0.717) is 34.9 Å². The molecule has 15 rings (SSSR count). The summed E-state index contributed by atoms with van der Waals surface area (Å²) in [4.78, 5) is 32.0. The summed E-state index contributed by atoms with van der Waals surface area (Å²) in [5.74, 6) is 3.53. The van der Waals surface area contributed by atoms with Crippen LogP contribution in [0.25, 0.3) is 146 Å². The zero-order valence-corrected chi connectivity index (χ0v) is 56.8. The van der Waals surface area contributed by atoms with Crippen molar-refractivity contribution in [3.8, 4) is 102 Å². The molecule has 0 aliphatic heterocycles. The molecule has 470 valence electrons. The molecule has 96 heavy (non-hydrogen) atoms. The first kappa shape index (κ1) is 61.2. The minimum Gasteiger partial charge on any atom is -0.309 e. The number of hydrogen-bond donors (Lipinski definition) is 0. The SMILES string of the molecule is CC(C)(C)c1ccc2c(c1)c1cc(C(C)(C)C)ccc1n2-c1cc(-c2cccc(-c3ccc(-n4c5ccc(C(C)(C)C)cc5c5cc(C(C)(C)C)ccc54)c(-c4nc(-c5ccccc5)nc(-c5ccccc5)n4)c3)c2)cc(-c2nc(-c3ccccc3)nc(-c3ccccc3)n2)c1. The van der Waals surface area contributed by atoms with Gasteiger partial charge in [-0.25, -0.2) is 29.9 Å². The Morgan fingerprint density at radius 3 is 0.875 bits per heavy atom. The van der Waals surface area contributed by atoms with E-state index in [9.17, 15) is 0 Å². The van der Waals surface area contributed by atoms with E-state index in [0.717, 1.165) is 89.1 Å². The Labute approximate surface area is 563 Å². The van der Waals surface area contributed by atoms with E-state index in [1.165, 1.54) is 43.8 Å². The molecule has 4 aromatic heterocycles. The Morgan fingerprint density at radius 1 is 0.219 bits per heavy atom. The summed E-state index contributed by atoms with van der Waals surface area (Å²) in [5, 5.41) is 4.83. The van der Waals surface area contributed by atoms with Crippen molar-refractivity contribution < 1.29 is 0 Å². The van der Waals surface area contributed by atoms with Crippen LogP contribution in [-0.2, 0) is 21.7 Å². The van der Waals surface area contributed by atoms with Crippen LogP contribution < -0.4 is 0 Å². The normalized spacial score (nSPS) is 12.4. The maximum Gasteiger partial charge on any atom is 0.166 e. The fourth-order valence-electron chi connectivity index (χ4n) is 13.3. The molecule has 4 heterocycles. The van der Waals surface area contributed by atoms with Gasteiger partial charge >= 0.3 is 0 Å². The van der Waals surface area contributed by atoms with Gasteiger partial charge in [-0.2, -0.15) is 0 Å². The largest absolute Gasteiger partial charge is 0.309 e. The standard InChI is InChI=1S/C88H78N8/c1-85(2,3)64-37-42-74-69(51-64)70-52-65(86(4,5)6)38-43-75(70)95(74)68-48-62(47-63(49-68)83-91-79(55-26-17-13-18-27-55)89-80(92-83)56-28-19-14-20-29-56)60-35-25-34-59(46-60)61-36-41-78(73(50-61)84-93-81(57-30-21-15-22-31-57)90-82(94-84)58-32-23-16-24-33-58)96-76-44-39-66(87(7,8)9)53-71(76)72-54-67(88(10,11)12)40-45-77(72)96/h13-54H,1-12H3. The number of nitrogens with zero attached hydrogens (tertiary/aromatic N) is 8. The Balaban J connectivity index is 0.977. The van der Waals surface area contributed by atoms with E-state index >= 15 is 0 Å². The molecule has 0 saturated heterocycles. The summed E-state index contributed by atoms with van der Waals surface area (Å²) in [7, 11) is 0. The predicted octanol–water partition coefficient (Wildman–Crippen LogP) is 22.8. The Hall–Kier alpha value is -11.0. The third-order valence-electron chi connectivity index (χ3n) is 18.8. The lowest BCUT2D eigenvalue weighted by atomic mass is 9.85. The number of hydrogen-bond acceptors (Lipinski definition) is 6. The van der Waals surface area contributed by atoms with E-state index < -0.39 is 0 Å². The molecule has 0 spiro atoms. The molecular formula is C88H78N8. The van der Waals surface area contributed by atoms with E-state index in [1.807, 2.05) is 72.8 Å². The fourth-order valence-corrected chi connectivity index (χ4v) is 13.3. The quantitative estimate of drug-likeness (QED) is 0.136. The van der Waals surface area contributed by atoms with Gasteiger partial charge in [0.25, 0.3) is 0 Å². The van der Waals surface area contributed by atoms with Crippen molar-refractivity contribution in [1.29, 1.82) is 0 Å². The van der Waals surface area contributed by atoms with Crippen LogP contribution in [0.15, 0.2) is 255 Å². The lowest BCUT2D eigenvalue weighted by Crippen LogP contribution is -2.10. The molecule has 8 nitrogen and oxygen atoms in total. The number of rotatable bonds is 10. The van der Waals surface area contributed by atoms with E-state index in [1.54, 1.807) is 0 Å². The molecular weight excluding hydrogens is 1170 g/mol. The highest BCUT2D eigenvalue weighted by Gasteiger charge is 2.27. The zero-order valence-electron chi connectivity index (χ0n) is 56.8. The van der Waals surface area contributed by atoms with E-state index in [2.05, 4.69) is 274 Å². The molecule has 0 bridgehead atoms. The van der Waals surface area contributed by atoms with Crippen molar-refractivity contribution in [1.82, 2.24) is 39.0 Å². The van der Waals surface area contributed by atoms with Crippen LogP contribution in [0.4, 0.5) is 0 Å². The first-order valence-electron chi connectivity index (χ1n) is 33.4. The lowest BCUT2D eigenvalue weighted by Gasteiger charge is -2.20. The third kappa shape index (κ3) is 11.5. The number of benzene rings is 11. The van der Waals surface area contributed by atoms with Crippen LogP contribution in [0.5, 0.6) is 0 Å². The molecule has 0 aliphatic carbocycles. The average Bonchev–Trinajstić information content (AvgIpc) is 1.57. The number of aromatic nitrogens is 8.